The molecule has 1 aromatic heterocycles. The summed E-state index contributed by atoms with van der Waals surface area (Å²) in [5.41, 5.74) is 1.90. The van der Waals surface area contributed by atoms with Crippen molar-refractivity contribution in [2.24, 2.45) is 11.8 Å². The summed E-state index contributed by atoms with van der Waals surface area (Å²) in [6, 6.07) is 9.88. The minimum atomic E-state index is -0.826. The summed E-state index contributed by atoms with van der Waals surface area (Å²) < 4.78 is 1.89. The lowest BCUT2D eigenvalue weighted by Gasteiger charge is -2.31. The second kappa shape index (κ2) is 8.06. The number of aromatic nitrogens is 2. The van der Waals surface area contributed by atoms with Crippen molar-refractivity contribution in [2.45, 2.75) is 18.3 Å². The van der Waals surface area contributed by atoms with E-state index in [4.69, 9.17) is 0 Å². The molecule has 2 amide bonds. The van der Waals surface area contributed by atoms with Gasteiger partial charge in [-0.15, -0.1) is 11.8 Å². The molecule has 0 radical (unpaired) electrons. The molecule has 3 unspecified atom stereocenters. The van der Waals surface area contributed by atoms with Gasteiger partial charge in [-0.3, -0.25) is 9.59 Å². The zero-order valence-electron chi connectivity index (χ0n) is 14.3. The van der Waals surface area contributed by atoms with Gasteiger partial charge >= 0.3 is 0 Å². The molecule has 134 valence electrons. The first-order chi connectivity index (χ1) is 12.6. The fourth-order valence-electron chi connectivity index (χ4n) is 2.91. The fraction of sp³-hybridized carbons (Fsp3) is 0.333. The van der Waals surface area contributed by atoms with Crippen LogP contribution >= 0.6 is 11.8 Å². The van der Waals surface area contributed by atoms with Crippen LogP contribution in [0.15, 0.2) is 43.0 Å². The summed E-state index contributed by atoms with van der Waals surface area (Å²) in [5.74, 6) is -1.86. The molecule has 0 aliphatic carbocycles. The van der Waals surface area contributed by atoms with Crippen LogP contribution < -0.4 is 10.6 Å². The number of amides is 2. The topological polar surface area (TPSA) is 99.8 Å². The Morgan fingerprint density at radius 1 is 1.46 bits per heavy atom. The second-order valence-electron chi connectivity index (χ2n) is 6.04. The standard InChI is InChI=1S/C18H19N5O2S/c1-26-18-13(9-19)8-15(17(25)22-18)16(24)21-10-12-2-4-14(5-3-12)23-7-6-20-11-23/h2-7,11,13,15,18H,8,10H2,1H3,(H,21,24)(H,22,25). The molecule has 0 spiro atoms. The summed E-state index contributed by atoms with van der Waals surface area (Å²) >= 11 is 1.41. The van der Waals surface area contributed by atoms with Gasteiger partial charge in [0.2, 0.25) is 11.8 Å². The molecule has 1 aliphatic rings. The first kappa shape index (κ1) is 18.0. The number of carbonyl (C=O) groups is 2. The largest absolute Gasteiger partial charge is 0.351 e. The van der Waals surface area contributed by atoms with Crippen molar-refractivity contribution in [3.05, 3.63) is 48.5 Å². The van der Waals surface area contributed by atoms with Gasteiger partial charge in [-0.1, -0.05) is 12.1 Å². The number of imidazole rings is 1. The number of benzene rings is 1. The van der Waals surface area contributed by atoms with Crippen LogP contribution in [-0.4, -0.2) is 33.0 Å². The molecule has 1 aliphatic heterocycles. The number of thioether (sulfide) groups is 1. The van der Waals surface area contributed by atoms with Crippen molar-refractivity contribution in [3.8, 4) is 11.8 Å². The second-order valence-corrected chi connectivity index (χ2v) is 7.02. The van der Waals surface area contributed by atoms with Gasteiger partial charge < -0.3 is 15.2 Å². The minimum Gasteiger partial charge on any atom is -0.351 e. The first-order valence-corrected chi connectivity index (χ1v) is 9.49. The van der Waals surface area contributed by atoms with E-state index in [9.17, 15) is 14.9 Å². The van der Waals surface area contributed by atoms with E-state index in [1.165, 1.54) is 11.8 Å². The number of hydrogen-bond donors (Lipinski definition) is 2. The molecule has 7 nitrogen and oxygen atoms in total. The normalized spacial score (nSPS) is 22.3. The van der Waals surface area contributed by atoms with Crippen LogP contribution in [0.2, 0.25) is 0 Å². The van der Waals surface area contributed by atoms with Crippen LogP contribution in [0.5, 0.6) is 0 Å². The van der Waals surface area contributed by atoms with Gasteiger partial charge in [0, 0.05) is 24.6 Å². The molecule has 1 aromatic carbocycles. The Labute approximate surface area is 155 Å². The predicted molar refractivity (Wildman–Crippen MR) is 98.1 cm³/mol. The number of carbonyl (C=O) groups excluding carboxylic acids is 2. The van der Waals surface area contributed by atoms with E-state index in [0.29, 0.717) is 6.54 Å². The number of nitriles is 1. The maximum atomic E-state index is 12.4. The summed E-state index contributed by atoms with van der Waals surface area (Å²) in [7, 11) is 0. The third-order valence-electron chi connectivity index (χ3n) is 4.40. The zero-order chi connectivity index (χ0) is 18.5. The Kier molecular flexibility index (Phi) is 5.58. The Bertz CT molecular complexity index is 813. The average Bonchev–Trinajstić information content (AvgIpc) is 3.21. The van der Waals surface area contributed by atoms with Crippen molar-refractivity contribution in [1.29, 1.82) is 5.26 Å². The van der Waals surface area contributed by atoms with Gasteiger partial charge in [-0.2, -0.15) is 5.26 Å². The molecule has 26 heavy (non-hydrogen) atoms. The predicted octanol–water partition coefficient (Wildman–Crippen LogP) is 1.45. The van der Waals surface area contributed by atoms with Gasteiger partial charge in [0.05, 0.1) is 23.7 Å². The Balaban J connectivity index is 1.58. The summed E-state index contributed by atoms with van der Waals surface area (Å²) in [6.45, 7) is 0.329. The lowest BCUT2D eigenvalue weighted by Crippen LogP contribution is -2.52. The minimum absolute atomic E-state index is 0.249. The third kappa shape index (κ3) is 3.89. The lowest BCUT2D eigenvalue weighted by molar-refractivity contribution is -0.137. The summed E-state index contributed by atoms with van der Waals surface area (Å²) in [6.07, 6.45) is 7.36. The van der Waals surface area contributed by atoms with Gasteiger partial charge in [0.1, 0.15) is 5.92 Å². The van der Waals surface area contributed by atoms with E-state index < -0.39 is 5.92 Å². The third-order valence-corrected chi connectivity index (χ3v) is 5.35. The van der Waals surface area contributed by atoms with Crippen molar-refractivity contribution in [1.82, 2.24) is 20.2 Å². The Morgan fingerprint density at radius 2 is 2.23 bits per heavy atom. The zero-order valence-corrected chi connectivity index (χ0v) is 15.1. The van der Waals surface area contributed by atoms with Crippen molar-refractivity contribution < 1.29 is 9.59 Å². The van der Waals surface area contributed by atoms with Crippen molar-refractivity contribution >= 4 is 23.6 Å². The van der Waals surface area contributed by atoms with Gasteiger partial charge in [-0.25, -0.2) is 4.98 Å². The summed E-state index contributed by atoms with van der Waals surface area (Å²) in [4.78, 5) is 28.5. The maximum Gasteiger partial charge on any atom is 0.233 e. The number of hydrogen-bond acceptors (Lipinski definition) is 5. The van der Waals surface area contributed by atoms with E-state index in [1.54, 1.807) is 12.5 Å². The maximum absolute atomic E-state index is 12.4. The highest BCUT2D eigenvalue weighted by Crippen LogP contribution is 2.27. The first-order valence-electron chi connectivity index (χ1n) is 8.20. The molecule has 8 heteroatoms. The molecule has 3 rings (SSSR count). The number of nitrogens with zero attached hydrogens (tertiary/aromatic N) is 3. The van der Waals surface area contributed by atoms with Crippen LogP contribution in [0.1, 0.15) is 12.0 Å². The summed E-state index contributed by atoms with van der Waals surface area (Å²) in [5, 5.41) is 14.5. The van der Waals surface area contributed by atoms with Gasteiger partial charge in [0.25, 0.3) is 0 Å². The van der Waals surface area contributed by atoms with Crippen LogP contribution in [0.25, 0.3) is 5.69 Å². The molecular weight excluding hydrogens is 350 g/mol. The molecule has 0 saturated carbocycles. The molecule has 0 bridgehead atoms. The van der Waals surface area contributed by atoms with E-state index >= 15 is 0 Å². The van der Waals surface area contributed by atoms with E-state index in [-0.39, 0.29) is 29.5 Å². The van der Waals surface area contributed by atoms with E-state index in [0.717, 1.165) is 11.3 Å². The molecule has 2 N–H and O–H groups in total. The molecular formula is C18H19N5O2S. The Morgan fingerprint density at radius 3 is 2.85 bits per heavy atom. The van der Waals surface area contributed by atoms with Crippen LogP contribution in [0.4, 0.5) is 0 Å². The highest BCUT2D eigenvalue weighted by molar-refractivity contribution is 7.99. The molecule has 1 saturated heterocycles. The van der Waals surface area contributed by atoms with Crippen LogP contribution in [0.3, 0.4) is 0 Å². The van der Waals surface area contributed by atoms with Crippen molar-refractivity contribution in [3.63, 3.8) is 0 Å². The van der Waals surface area contributed by atoms with E-state index in [1.807, 2.05) is 41.3 Å². The molecule has 2 aromatic rings. The fourth-order valence-corrected chi connectivity index (χ4v) is 3.64. The van der Waals surface area contributed by atoms with Crippen LogP contribution in [0, 0.1) is 23.2 Å². The number of piperidine rings is 1. The number of nitrogens with one attached hydrogen (secondary N) is 2. The van der Waals surface area contributed by atoms with Gasteiger partial charge in [0.15, 0.2) is 0 Å². The lowest BCUT2D eigenvalue weighted by atomic mass is 9.89. The average molecular weight is 369 g/mol. The van der Waals surface area contributed by atoms with Gasteiger partial charge in [-0.05, 0) is 30.4 Å². The van der Waals surface area contributed by atoms with Crippen LogP contribution in [-0.2, 0) is 16.1 Å². The SMILES string of the molecule is CSC1NC(=O)C(C(=O)NCc2ccc(-n3ccnc3)cc2)CC1C#N. The van der Waals surface area contributed by atoms with E-state index in [2.05, 4.69) is 21.7 Å². The Hall–Kier alpha value is -2.79. The highest BCUT2D eigenvalue weighted by atomic mass is 32.2. The van der Waals surface area contributed by atoms with Crippen molar-refractivity contribution in [2.75, 3.05) is 6.26 Å². The molecule has 2 heterocycles. The quantitative estimate of drug-likeness (QED) is 0.777. The smallest absolute Gasteiger partial charge is 0.233 e. The monoisotopic (exact) mass is 369 g/mol. The molecule has 1 fully saturated rings. The molecule has 3 atom stereocenters. The highest BCUT2D eigenvalue weighted by Gasteiger charge is 2.39. The number of rotatable bonds is 5.